The second-order valence-corrected chi connectivity index (χ2v) is 5.80. The quantitative estimate of drug-likeness (QED) is 0.792. The third-order valence-electron chi connectivity index (χ3n) is 4.22. The highest BCUT2D eigenvalue weighted by Gasteiger charge is 2.22. The van der Waals surface area contributed by atoms with E-state index in [0.29, 0.717) is 6.04 Å². The molecule has 0 radical (unpaired) electrons. The summed E-state index contributed by atoms with van der Waals surface area (Å²) >= 11 is 0. The van der Waals surface area contributed by atoms with E-state index in [1.165, 1.54) is 32.1 Å². The molecule has 2 rings (SSSR count). The van der Waals surface area contributed by atoms with Crippen molar-refractivity contribution >= 4 is 0 Å². The normalized spacial score (nSPS) is 16.9. The lowest BCUT2D eigenvalue weighted by Crippen LogP contribution is -2.38. The zero-order valence-electron chi connectivity index (χ0n) is 12.8. The Kier molecular flexibility index (Phi) is 6.47. The molecule has 1 aliphatic rings. The molecule has 1 aliphatic carbocycles. The zero-order chi connectivity index (χ0) is 14.2. The minimum atomic E-state index is 0.710. The van der Waals surface area contributed by atoms with Gasteiger partial charge in [0.2, 0.25) is 0 Å². The van der Waals surface area contributed by atoms with Crippen molar-refractivity contribution in [1.82, 2.24) is 19.7 Å². The maximum absolute atomic E-state index is 5.70. The van der Waals surface area contributed by atoms with Gasteiger partial charge in [-0.25, -0.2) is 9.67 Å². The molecule has 114 valence electrons. The van der Waals surface area contributed by atoms with Gasteiger partial charge in [-0.05, 0) is 32.2 Å². The predicted molar refractivity (Wildman–Crippen MR) is 81.3 cm³/mol. The fraction of sp³-hybridized carbons (Fsp3) is 0.867. The fourth-order valence-corrected chi connectivity index (χ4v) is 3.12. The zero-order valence-corrected chi connectivity index (χ0v) is 12.8. The van der Waals surface area contributed by atoms with Gasteiger partial charge >= 0.3 is 0 Å². The lowest BCUT2D eigenvalue weighted by atomic mass is 9.94. The molecule has 0 amide bonds. The molecule has 2 N–H and O–H groups in total. The Balaban J connectivity index is 1.99. The van der Waals surface area contributed by atoms with Gasteiger partial charge in [0.15, 0.2) is 0 Å². The van der Waals surface area contributed by atoms with Gasteiger partial charge < -0.3 is 5.73 Å². The third-order valence-corrected chi connectivity index (χ3v) is 4.22. The summed E-state index contributed by atoms with van der Waals surface area (Å²) in [5.41, 5.74) is 5.70. The minimum Gasteiger partial charge on any atom is -0.330 e. The molecular weight excluding hydrogens is 250 g/mol. The standard InChI is InChI=1S/C15H29N5/c1-2-10-20-15(17-13-18-20)12-19(11-6-9-16)14-7-4-3-5-8-14/h13-14H,2-12,16H2,1H3. The van der Waals surface area contributed by atoms with E-state index >= 15 is 0 Å². The summed E-state index contributed by atoms with van der Waals surface area (Å²) in [6, 6.07) is 0.710. The van der Waals surface area contributed by atoms with Gasteiger partial charge in [-0.1, -0.05) is 26.2 Å². The second-order valence-electron chi connectivity index (χ2n) is 5.80. The summed E-state index contributed by atoms with van der Waals surface area (Å²) in [5, 5.41) is 4.34. The number of hydrogen-bond acceptors (Lipinski definition) is 4. The van der Waals surface area contributed by atoms with Crippen molar-refractivity contribution in [2.45, 2.75) is 71.0 Å². The van der Waals surface area contributed by atoms with E-state index in [4.69, 9.17) is 5.73 Å². The van der Waals surface area contributed by atoms with Crippen molar-refractivity contribution < 1.29 is 0 Å². The first-order valence-corrected chi connectivity index (χ1v) is 8.16. The first kappa shape index (κ1) is 15.4. The summed E-state index contributed by atoms with van der Waals surface area (Å²) in [6.45, 7) is 5.92. The Morgan fingerprint density at radius 3 is 2.85 bits per heavy atom. The summed E-state index contributed by atoms with van der Waals surface area (Å²) in [5.74, 6) is 1.11. The lowest BCUT2D eigenvalue weighted by molar-refractivity contribution is 0.141. The van der Waals surface area contributed by atoms with Crippen LogP contribution in [-0.4, -0.2) is 38.8 Å². The third kappa shape index (κ3) is 4.28. The van der Waals surface area contributed by atoms with Crippen LogP contribution in [0.2, 0.25) is 0 Å². The Morgan fingerprint density at radius 2 is 2.15 bits per heavy atom. The van der Waals surface area contributed by atoms with Gasteiger partial charge in [-0.15, -0.1) is 0 Å². The number of hydrogen-bond donors (Lipinski definition) is 1. The molecule has 1 aromatic heterocycles. The second kappa shape index (κ2) is 8.37. The van der Waals surface area contributed by atoms with Gasteiger partial charge in [0.1, 0.15) is 12.2 Å². The molecule has 1 fully saturated rings. The van der Waals surface area contributed by atoms with E-state index in [-0.39, 0.29) is 0 Å². The Labute approximate surface area is 122 Å². The first-order valence-electron chi connectivity index (χ1n) is 8.16. The van der Waals surface area contributed by atoms with Crippen molar-refractivity contribution in [3.63, 3.8) is 0 Å². The summed E-state index contributed by atoms with van der Waals surface area (Å²) in [7, 11) is 0. The topological polar surface area (TPSA) is 60.0 Å². The van der Waals surface area contributed by atoms with Crippen molar-refractivity contribution in [2.24, 2.45) is 5.73 Å². The lowest BCUT2D eigenvalue weighted by Gasteiger charge is -2.34. The van der Waals surface area contributed by atoms with E-state index in [2.05, 4.69) is 26.6 Å². The number of aryl methyl sites for hydroxylation is 1. The fourth-order valence-electron chi connectivity index (χ4n) is 3.12. The maximum atomic E-state index is 5.70. The van der Waals surface area contributed by atoms with E-state index in [9.17, 15) is 0 Å². The van der Waals surface area contributed by atoms with Gasteiger partial charge in [0.25, 0.3) is 0 Å². The summed E-state index contributed by atoms with van der Waals surface area (Å²) < 4.78 is 2.05. The highest BCUT2D eigenvalue weighted by molar-refractivity contribution is 4.87. The average Bonchev–Trinajstić information content (AvgIpc) is 2.92. The van der Waals surface area contributed by atoms with Crippen LogP contribution in [0.3, 0.4) is 0 Å². The smallest absolute Gasteiger partial charge is 0.141 e. The van der Waals surface area contributed by atoms with Gasteiger partial charge in [0.05, 0.1) is 6.54 Å². The van der Waals surface area contributed by atoms with Crippen molar-refractivity contribution in [1.29, 1.82) is 0 Å². The molecule has 0 aromatic carbocycles. The molecule has 0 bridgehead atoms. The molecule has 1 saturated carbocycles. The largest absolute Gasteiger partial charge is 0.330 e. The Morgan fingerprint density at radius 1 is 1.35 bits per heavy atom. The van der Waals surface area contributed by atoms with E-state index in [1.807, 2.05) is 0 Å². The highest BCUT2D eigenvalue weighted by Crippen LogP contribution is 2.23. The molecule has 0 unspecified atom stereocenters. The van der Waals surface area contributed by atoms with E-state index in [0.717, 1.165) is 44.8 Å². The molecule has 0 aliphatic heterocycles. The van der Waals surface area contributed by atoms with Crippen molar-refractivity contribution in [3.8, 4) is 0 Å². The van der Waals surface area contributed by atoms with Crippen LogP contribution in [0.25, 0.3) is 0 Å². The predicted octanol–water partition coefficient (Wildman–Crippen LogP) is 2.17. The van der Waals surface area contributed by atoms with E-state index in [1.54, 1.807) is 6.33 Å². The number of nitrogens with two attached hydrogens (primary N) is 1. The average molecular weight is 279 g/mol. The molecule has 1 heterocycles. The minimum absolute atomic E-state index is 0.710. The van der Waals surface area contributed by atoms with Crippen LogP contribution >= 0.6 is 0 Å². The maximum Gasteiger partial charge on any atom is 0.141 e. The number of rotatable bonds is 8. The summed E-state index contributed by atoms with van der Waals surface area (Å²) in [4.78, 5) is 7.04. The molecule has 0 saturated heterocycles. The molecule has 0 spiro atoms. The van der Waals surface area contributed by atoms with Crippen molar-refractivity contribution in [3.05, 3.63) is 12.2 Å². The number of aromatic nitrogens is 3. The van der Waals surface area contributed by atoms with Crippen LogP contribution in [-0.2, 0) is 13.1 Å². The van der Waals surface area contributed by atoms with Crippen LogP contribution in [0.4, 0.5) is 0 Å². The van der Waals surface area contributed by atoms with Crippen LogP contribution < -0.4 is 5.73 Å². The van der Waals surface area contributed by atoms with Crippen LogP contribution in [0.1, 0.15) is 57.7 Å². The number of nitrogens with zero attached hydrogens (tertiary/aromatic N) is 4. The van der Waals surface area contributed by atoms with Gasteiger partial charge in [0, 0.05) is 19.1 Å². The molecule has 0 atom stereocenters. The van der Waals surface area contributed by atoms with Crippen LogP contribution in [0.15, 0.2) is 6.33 Å². The molecular formula is C15H29N5. The van der Waals surface area contributed by atoms with Crippen molar-refractivity contribution in [2.75, 3.05) is 13.1 Å². The SMILES string of the molecule is CCCn1ncnc1CN(CCCN)C1CCCCC1. The Bertz CT molecular complexity index is 370. The van der Waals surface area contributed by atoms with Gasteiger partial charge in [-0.3, -0.25) is 4.90 Å². The summed E-state index contributed by atoms with van der Waals surface area (Å²) in [6.07, 6.45) is 10.6. The van der Waals surface area contributed by atoms with Crippen LogP contribution in [0, 0.1) is 0 Å². The molecule has 5 heteroatoms. The van der Waals surface area contributed by atoms with Crippen LogP contribution in [0.5, 0.6) is 0 Å². The van der Waals surface area contributed by atoms with Gasteiger partial charge in [-0.2, -0.15) is 5.10 Å². The highest BCUT2D eigenvalue weighted by atomic mass is 15.3. The molecule has 5 nitrogen and oxygen atoms in total. The molecule has 20 heavy (non-hydrogen) atoms. The monoisotopic (exact) mass is 279 g/mol. The van der Waals surface area contributed by atoms with E-state index < -0.39 is 0 Å². The molecule has 1 aromatic rings. The first-order chi connectivity index (χ1) is 9.85. The Hall–Kier alpha value is -0.940.